The molecule has 1 atom stereocenters. The molecule has 5 rings (SSSR count). The second kappa shape index (κ2) is 9.93. The lowest BCUT2D eigenvalue weighted by molar-refractivity contribution is 0.153. The number of tetrazole rings is 1. The van der Waals surface area contributed by atoms with Crippen LogP contribution in [0.25, 0.3) is 10.9 Å². The molecule has 9 nitrogen and oxygen atoms in total. The van der Waals surface area contributed by atoms with Gasteiger partial charge in [-0.2, -0.15) is 0 Å². The molecule has 3 heterocycles. The average molecular weight is 507 g/mol. The minimum absolute atomic E-state index is 0.182. The molecule has 2 aromatic heterocycles. The number of halogens is 1. The Bertz CT molecular complexity index is 1460. The molecule has 10 heteroatoms. The molecule has 1 aliphatic rings. The van der Waals surface area contributed by atoms with Gasteiger partial charge in [-0.3, -0.25) is 9.69 Å². The average Bonchev–Trinajstić information content (AvgIpc) is 3.35. The van der Waals surface area contributed by atoms with Crippen LogP contribution in [0.15, 0.2) is 47.3 Å². The Morgan fingerprint density at radius 3 is 2.46 bits per heavy atom. The van der Waals surface area contributed by atoms with E-state index in [0.717, 1.165) is 10.9 Å². The van der Waals surface area contributed by atoms with Gasteiger partial charge in [0.05, 0.1) is 17.1 Å². The van der Waals surface area contributed by atoms with Crippen molar-refractivity contribution in [3.63, 3.8) is 0 Å². The summed E-state index contributed by atoms with van der Waals surface area (Å²) in [6.07, 6.45) is 0.710. The number of hydrogen-bond donors (Lipinski definition) is 1. The van der Waals surface area contributed by atoms with Gasteiger partial charge in [-0.1, -0.05) is 19.1 Å². The first-order valence-corrected chi connectivity index (χ1v) is 12.5. The minimum atomic E-state index is -0.324. The van der Waals surface area contributed by atoms with Crippen molar-refractivity contribution in [1.29, 1.82) is 0 Å². The number of pyridine rings is 1. The van der Waals surface area contributed by atoms with E-state index in [2.05, 4.69) is 32.3 Å². The van der Waals surface area contributed by atoms with Crippen molar-refractivity contribution < 1.29 is 13.9 Å². The number of rotatable bonds is 7. The van der Waals surface area contributed by atoms with Crippen LogP contribution in [0.2, 0.25) is 0 Å². The first-order chi connectivity index (χ1) is 17.7. The smallest absolute Gasteiger partial charge is 0.252 e. The van der Waals surface area contributed by atoms with Crippen LogP contribution in [0.1, 0.15) is 57.1 Å². The van der Waals surface area contributed by atoms with E-state index in [9.17, 15) is 9.18 Å². The predicted octanol–water partition coefficient (Wildman–Crippen LogP) is 4.33. The van der Waals surface area contributed by atoms with Crippen molar-refractivity contribution in [3.05, 3.63) is 75.6 Å². The molecule has 0 radical (unpaired) electrons. The van der Waals surface area contributed by atoms with Crippen LogP contribution in [0.3, 0.4) is 0 Å². The zero-order valence-corrected chi connectivity index (χ0v) is 21.5. The lowest BCUT2D eigenvalue weighted by atomic mass is 10.0. The lowest BCUT2D eigenvalue weighted by Gasteiger charge is -2.32. The van der Waals surface area contributed by atoms with Crippen LogP contribution in [0.5, 0.6) is 11.5 Å². The van der Waals surface area contributed by atoms with Crippen molar-refractivity contribution in [3.8, 4) is 11.5 Å². The van der Waals surface area contributed by atoms with Crippen LogP contribution in [-0.4, -0.2) is 43.3 Å². The van der Waals surface area contributed by atoms with E-state index in [-0.39, 0.29) is 23.0 Å². The van der Waals surface area contributed by atoms with Crippen LogP contribution < -0.4 is 15.0 Å². The zero-order valence-electron chi connectivity index (χ0n) is 21.5. The fourth-order valence-electron chi connectivity index (χ4n) is 4.71. The Labute approximate surface area is 214 Å². The number of aromatic nitrogens is 5. The summed E-state index contributed by atoms with van der Waals surface area (Å²) in [4.78, 5) is 18.4. The van der Waals surface area contributed by atoms with Gasteiger partial charge >= 0.3 is 0 Å². The summed E-state index contributed by atoms with van der Waals surface area (Å²) in [5.74, 6) is 1.71. The van der Waals surface area contributed by atoms with Gasteiger partial charge in [0.25, 0.3) is 5.56 Å². The molecular formula is C27H31FN6O3. The zero-order chi connectivity index (χ0) is 26.2. The van der Waals surface area contributed by atoms with E-state index in [0.29, 0.717) is 61.1 Å². The number of hydrogen-bond acceptors (Lipinski definition) is 7. The van der Waals surface area contributed by atoms with Crippen molar-refractivity contribution >= 4 is 10.9 Å². The van der Waals surface area contributed by atoms with Gasteiger partial charge in [0.2, 0.25) is 0 Å². The van der Waals surface area contributed by atoms with Gasteiger partial charge in [0.15, 0.2) is 17.3 Å². The van der Waals surface area contributed by atoms with Gasteiger partial charge in [0, 0.05) is 30.1 Å². The Hall–Kier alpha value is -3.79. The fourth-order valence-corrected chi connectivity index (χ4v) is 4.71. The second-order valence-electron chi connectivity index (χ2n) is 10.3. The molecule has 1 aliphatic heterocycles. The topological polar surface area (TPSA) is 98.2 Å². The van der Waals surface area contributed by atoms with Gasteiger partial charge in [-0.05, 0) is 67.4 Å². The summed E-state index contributed by atoms with van der Waals surface area (Å²) < 4.78 is 26.8. The number of benzene rings is 2. The SMILES string of the molecule is CCC(c1nnnn1C(C)(C)C)N(Cc1ccc(F)cc1)Cc1cc2cc3c(cc2[nH]c1=O)OCCO3. The van der Waals surface area contributed by atoms with E-state index in [1.165, 1.54) is 12.1 Å². The molecule has 0 aliphatic carbocycles. The molecule has 1 N–H and O–H groups in total. The van der Waals surface area contributed by atoms with Crippen LogP contribution >= 0.6 is 0 Å². The monoisotopic (exact) mass is 506 g/mol. The summed E-state index contributed by atoms with van der Waals surface area (Å²) >= 11 is 0. The maximum atomic E-state index is 13.6. The molecule has 2 aromatic carbocycles. The highest BCUT2D eigenvalue weighted by atomic mass is 19.1. The summed E-state index contributed by atoms with van der Waals surface area (Å²) in [7, 11) is 0. The molecule has 0 saturated carbocycles. The molecule has 0 bridgehead atoms. The third-order valence-electron chi connectivity index (χ3n) is 6.51. The quantitative estimate of drug-likeness (QED) is 0.398. The van der Waals surface area contributed by atoms with Crippen molar-refractivity contribution in [2.75, 3.05) is 13.2 Å². The first kappa shape index (κ1) is 24.9. The highest BCUT2D eigenvalue weighted by molar-refractivity contribution is 5.83. The second-order valence-corrected chi connectivity index (χ2v) is 10.3. The molecule has 194 valence electrons. The van der Waals surface area contributed by atoms with E-state index >= 15 is 0 Å². The molecule has 0 amide bonds. The summed E-state index contributed by atoms with van der Waals surface area (Å²) in [5.41, 5.74) is 1.70. The molecule has 0 saturated heterocycles. The van der Waals surface area contributed by atoms with E-state index in [1.807, 2.05) is 37.6 Å². The molecule has 1 unspecified atom stereocenters. The van der Waals surface area contributed by atoms with Gasteiger partial charge in [-0.15, -0.1) is 5.10 Å². The third-order valence-corrected chi connectivity index (χ3v) is 6.51. The van der Waals surface area contributed by atoms with Crippen LogP contribution in [0.4, 0.5) is 4.39 Å². The Kier molecular flexibility index (Phi) is 6.68. The lowest BCUT2D eigenvalue weighted by Crippen LogP contribution is -2.35. The molecular weight excluding hydrogens is 475 g/mol. The number of H-pyrrole nitrogens is 1. The number of nitrogens with one attached hydrogen (secondary N) is 1. The molecule has 0 fully saturated rings. The number of fused-ring (bicyclic) bond motifs is 2. The van der Waals surface area contributed by atoms with Gasteiger partial charge in [-0.25, -0.2) is 9.07 Å². The number of nitrogens with zero attached hydrogens (tertiary/aromatic N) is 5. The van der Waals surface area contributed by atoms with E-state index in [4.69, 9.17) is 9.47 Å². The Balaban J connectivity index is 1.55. The highest BCUT2D eigenvalue weighted by Gasteiger charge is 2.30. The third kappa shape index (κ3) is 5.20. The maximum absolute atomic E-state index is 13.6. The summed E-state index contributed by atoms with van der Waals surface area (Å²) in [5, 5.41) is 13.4. The molecule has 4 aromatic rings. The first-order valence-electron chi connectivity index (χ1n) is 12.5. The minimum Gasteiger partial charge on any atom is -0.486 e. The van der Waals surface area contributed by atoms with Crippen LogP contribution in [0, 0.1) is 5.82 Å². The van der Waals surface area contributed by atoms with Crippen molar-refractivity contribution in [2.24, 2.45) is 0 Å². The maximum Gasteiger partial charge on any atom is 0.252 e. The molecule has 37 heavy (non-hydrogen) atoms. The largest absolute Gasteiger partial charge is 0.486 e. The normalized spacial score (nSPS) is 14.3. The highest BCUT2D eigenvalue weighted by Crippen LogP contribution is 2.34. The standard InChI is InChI=1S/C27H31FN6O3/c1-5-22(25-30-31-32-34(25)27(2,3)4)33(15-17-6-8-20(28)9-7-17)16-19-12-18-13-23-24(37-11-10-36-23)14-21(18)29-26(19)35/h6-9,12-14,22H,5,10-11,15-16H2,1-4H3,(H,29,35). The van der Waals surface area contributed by atoms with Crippen LogP contribution in [-0.2, 0) is 18.6 Å². The van der Waals surface area contributed by atoms with E-state index in [1.54, 1.807) is 18.2 Å². The Morgan fingerprint density at radius 1 is 1.08 bits per heavy atom. The predicted molar refractivity (Wildman–Crippen MR) is 137 cm³/mol. The van der Waals surface area contributed by atoms with Gasteiger partial charge < -0.3 is 14.5 Å². The number of aromatic amines is 1. The Morgan fingerprint density at radius 2 is 1.78 bits per heavy atom. The molecule has 0 spiro atoms. The van der Waals surface area contributed by atoms with Gasteiger partial charge in [0.1, 0.15) is 19.0 Å². The van der Waals surface area contributed by atoms with E-state index < -0.39 is 0 Å². The van der Waals surface area contributed by atoms with Crippen molar-refractivity contribution in [1.82, 2.24) is 30.1 Å². The fraction of sp³-hybridized carbons (Fsp3) is 0.407. The summed E-state index contributed by atoms with van der Waals surface area (Å²) in [6.45, 7) is 9.99. The summed E-state index contributed by atoms with van der Waals surface area (Å²) in [6, 6.07) is 11.8. The van der Waals surface area contributed by atoms with Crippen molar-refractivity contribution in [2.45, 2.75) is 58.8 Å². The number of ether oxygens (including phenoxy) is 2.